The third-order valence-electron chi connectivity index (χ3n) is 2.70. The Morgan fingerprint density at radius 2 is 1.62 bits per heavy atom. The van der Waals surface area contributed by atoms with Gasteiger partial charge >= 0.3 is 12.1 Å². The molecule has 0 aliphatic heterocycles. The first-order valence-electron chi connectivity index (χ1n) is 6.55. The molecule has 0 saturated heterocycles. The van der Waals surface area contributed by atoms with Crippen molar-refractivity contribution < 1.29 is 22.8 Å². The maximum absolute atomic E-state index is 11.9. The normalized spacial score (nSPS) is 11.0. The second kappa shape index (κ2) is 8.28. The number of nitrogens with one attached hydrogen (secondary N) is 2. The highest BCUT2D eigenvalue weighted by Gasteiger charge is 2.38. The third-order valence-corrected chi connectivity index (χ3v) is 2.70. The summed E-state index contributed by atoms with van der Waals surface area (Å²) in [5.41, 5.74) is 1.05. The average molecular weight is 302 g/mol. The molecule has 0 bridgehead atoms. The van der Waals surface area contributed by atoms with E-state index in [0.717, 1.165) is 5.56 Å². The molecule has 0 radical (unpaired) electrons. The van der Waals surface area contributed by atoms with Gasteiger partial charge in [0.2, 0.25) is 5.91 Å². The fourth-order valence-corrected chi connectivity index (χ4v) is 1.61. The molecule has 2 N–H and O–H groups in total. The molecule has 116 valence electrons. The van der Waals surface area contributed by atoms with Gasteiger partial charge < -0.3 is 10.6 Å². The summed E-state index contributed by atoms with van der Waals surface area (Å²) in [7, 11) is 0. The van der Waals surface area contributed by atoms with Gasteiger partial charge in [-0.25, -0.2) is 0 Å². The molecule has 1 aromatic carbocycles. The van der Waals surface area contributed by atoms with Crippen LogP contribution in [0.1, 0.15) is 18.4 Å². The number of carbonyl (C=O) groups excluding carboxylic acids is 2. The molecular formula is C14H17F3N2O2. The van der Waals surface area contributed by atoms with Crippen LogP contribution in [0, 0.1) is 0 Å². The average Bonchev–Trinajstić information content (AvgIpc) is 2.44. The highest BCUT2D eigenvalue weighted by Crippen LogP contribution is 2.13. The van der Waals surface area contributed by atoms with Crippen molar-refractivity contribution in [3.63, 3.8) is 0 Å². The minimum atomic E-state index is -4.86. The molecule has 0 fully saturated rings. The molecule has 2 amide bonds. The molecule has 0 aliphatic carbocycles. The predicted molar refractivity (Wildman–Crippen MR) is 71.5 cm³/mol. The topological polar surface area (TPSA) is 58.2 Å². The quantitative estimate of drug-likeness (QED) is 0.755. The highest BCUT2D eigenvalue weighted by molar-refractivity contribution is 5.81. The molecule has 0 atom stereocenters. The first-order chi connectivity index (χ1) is 9.89. The molecule has 4 nitrogen and oxygen atoms in total. The fourth-order valence-electron chi connectivity index (χ4n) is 1.61. The van der Waals surface area contributed by atoms with Crippen LogP contribution in [0.25, 0.3) is 0 Å². The summed E-state index contributed by atoms with van der Waals surface area (Å²) < 4.78 is 35.6. The van der Waals surface area contributed by atoms with Crippen molar-refractivity contribution in [3.8, 4) is 0 Å². The molecule has 21 heavy (non-hydrogen) atoms. The van der Waals surface area contributed by atoms with Crippen LogP contribution in [0.2, 0.25) is 0 Å². The Labute approximate surface area is 120 Å². The summed E-state index contributed by atoms with van der Waals surface area (Å²) in [5.74, 6) is -2.13. The largest absolute Gasteiger partial charge is 0.471 e. The van der Waals surface area contributed by atoms with Gasteiger partial charge in [0.1, 0.15) is 0 Å². The molecule has 0 saturated carbocycles. The van der Waals surface area contributed by atoms with E-state index in [1.165, 1.54) is 0 Å². The summed E-state index contributed by atoms with van der Waals surface area (Å²) >= 11 is 0. The van der Waals surface area contributed by atoms with Crippen molar-refractivity contribution in [2.24, 2.45) is 0 Å². The number of benzene rings is 1. The summed E-state index contributed by atoms with van der Waals surface area (Å²) in [6.07, 6.45) is -3.69. The minimum Gasteiger partial charge on any atom is -0.356 e. The van der Waals surface area contributed by atoms with Gasteiger partial charge in [0.25, 0.3) is 0 Å². The molecule has 1 rings (SSSR count). The lowest BCUT2D eigenvalue weighted by atomic mass is 10.1. The van der Waals surface area contributed by atoms with Gasteiger partial charge in [0.15, 0.2) is 0 Å². The summed E-state index contributed by atoms with van der Waals surface area (Å²) in [6.45, 7) is 0.100. The lowest BCUT2D eigenvalue weighted by molar-refractivity contribution is -0.173. The standard InChI is InChI=1S/C14H17F3N2O2/c15-14(16,17)13(21)19-10-4-9-18-12(20)8-7-11-5-2-1-3-6-11/h1-3,5-6H,4,7-10H2,(H,18,20)(H,19,21). The van der Waals surface area contributed by atoms with Gasteiger partial charge in [0, 0.05) is 19.5 Å². The summed E-state index contributed by atoms with van der Waals surface area (Å²) in [4.78, 5) is 22.0. The summed E-state index contributed by atoms with van der Waals surface area (Å²) in [5, 5.41) is 4.33. The van der Waals surface area contributed by atoms with Crippen LogP contribution in [0.5, 0.6) is 0 Å². The van der Waals surface area contributed by atoms with Crippen LogP contribution >= 0.6 is 0 Å². The van der Waals surface area contributed by atoms with Crippen molar-refractivity contribution in [2.75, 3.05) is 13.1 Å². The Morgan fingerprint density at radius 3 is 2.24 bits per heavy atom. The zero-order chi connectivity index (χ0) is 15.7. The number of hydrogen-bond acceptors (Lipinski definition) is 2. The van der Waals surface area contributed by atoms with Crippen molar-refractivity contribution in [3.05, 3.63) is 35.9 Å². The smallest absolute Gasteiger partial charge is 0.356 e. The number of aryl methyl sites for hydroxylation is 1. The second-order valence-corrected chi connectivity index (χ2v) is 4.44. The molecule has 0 unspecified atom stereocenters. The van der Waals surface area contributed by atoms with E-state index >= 15 is 0 Å². The Balaban J connectivity index is 2.08. The number of alkyl halides is 3. The maximum atomic E-state index is 11.9. The Morgan fingerprint density at radius 1 is 1.00 bits per heavy atom. The lowest BCUT2D eigenvalue weighted by Crippen LogP contribution is -2.38. The summed E-state index contributed by atoms with van der Waals surface area (Å²) in [6, 6.07) is 9.49. The van der Waals surface area contributed by atoms with Crippen LogP contribution in [0.15, 0.2) is 30.3 Å². The van der Waals surface area contributed by atoms with Crippen LogP contribution in [0.3, 0.4) is 0 Å². The van der Waals surface area contributed by atoms with Gasteiger partial charge in [0.05, 0.1) is 0 Å². The molecule has 0 aliphatic rings. The molecule has 0 spiro atoms. The van der Waals surface area contributed by atoms with Crippen LogP contribution in [0.4, 0.5) is 13.2 Å². The predicted octanol–water partition coefficient (Wildman–Crippen LogP) is 1.80. The van der Waals surface area contributed by atoms with Gasteiger partial charge in [-0.05, 0) is 18.4 Å². The Bertz CT molecular complexity index is 461. The Hall–Kier alpha value is -2.05. The lowest BCUT2D eigenvalue weighted by Gasteiger charge is -2.08. The molecule has 1 aromatic rings. The number of amides is 2. The van der Waals surface area contributed by atoms with E-state index in [0.29, 0.717) is 12.8 Å². The van der Waals surface area contributed by atoms with Gasteiger partial charge in [-0.15, -0.1) is 0 Å². The first kappa shape index (κ1) is 17.0. The maximum Gasteiger partial charge on any atom is 0.471 e. The second-order valence-electron chi connectivity index (χ2n) is 4.44. The van der Waals surface area contributed by atoms with Crippen molar-refractivity contribution >= 4 is 11.8 Å². The highest BCUT2D eigenvalue weighted by atomic mass is 19.4. The fraction of sp³-hybridized carbons (Fsp3) is 0.429. The number of rotatable bonds is 7. The van der Waals surface area contributed by atoms with Crippen LogP contribution < -0.4 is 10.6 Å². The molecule has 0 aromatic heterocycles. The first-order valence-corrected chi connectivity index (χ1v) is 6.55. The van der Waals surface area contributed by atoms with Crippen LogP contribution in [-0.4, -0.2) is 31.1 Å². The minimum absolute atomic E-state index is 0.128. The van der Waals surface area contributed by atoms with Crippen molar-refractivity contribution in [1.82, 2.24) is 10.6 Å². The van der Waals surface area contributed by atoms with Gasteiger partial charge in [-0.2, -0.15) is 13.2 Å². The number of hydrogen-bond donors (Lipinski definition) is 2. The van der Waals surface area contributed by atoms with Gasteiger partial charge in [-0.3, -0.25) is 9.59 Å². The van der Waals surface area contributed by atoms with Crippen LogP contribution in [-0.2, 0) is 16.0 Å². The van der Waals surface area contributed by atoms with E-state index in [4.69, 9.17) is 0 Å². The zero-order valence-corrected chi connectivity index (χ0v) is 11.4. The number of halogens is 3. The number of carbonyl (C=O) groups is 2. The molecule has 0 heterocycles. The van der Waals surface area contributed by atoms with E-state index in [2.05, 4.69) is 5.32 Å². The zero-order valence-electron chi connectivity index (χ0n) is 11.4. The van der Waals surface area contributed by atoms with E-state index in [-0.39, 0.29) is 25.4 Å². The van der Waals surface area contributed by atoms with E-state index < -0.39 is 12.1 Å². The van der Waals surface area contributed by atoms with E-state index in [9.17, 15) is 22.8 Å². The van der Waals surface area contributed by atoms with E-state index in [1.54, 1.807) is 5.32 Å². The Kier molecular flexibility index (Phi) is 6.71. The van der Waals surface area contributed by atoms with Crippen molar-refractivity contribution in [2.45, 2.75) is 25.4 Å². The van der Waals surface area contributed by atoms with Gasteiger partial charge in [-0.1, -0.05) is 30.3 Å². The monoisotopic (exact) mass is 302 g/mol. The van der Waals surface area contributed by atoms with E-state index in [1.807, 2.05) is 30.3 Å². The van der Waals surface area contributed by atoms with Crippen molar-refractivity contribution in [1.29, 1.82) is 0 Å². The molecule has 7 heteroatoms. The SMILES string of the molecule is O=C(CCc1ccccc1)NCCCNC(=O)C(F)(F)F. The third kappa shape index (κ3) is 7.34. The molecular weight excluding hydrogens is 285 g/mol.